The van der Waals surface area contributed by atoms with Crippen LogP contribution in [0.5, 0.6) is 0 Å². The first-order chi connectivity index (χ1) is 15.2. The molecule has 1 fully saturated rings. The van der Waals surface area contributed by atoms with Crippen molar-refractivity contribution >= 4 is 46.7 Å². The molecule has 7 nitrogen and oxygen atoms in total. The second kappa shape index (κ2) is 10.8. The summed E-state index contributed by atoms with van der Waals surface area (Å²) in [6.07, 6.45) is 6.07. The van der Waals surface area contributed by atoms with Gasteiger partial charge in [-0.2, -0.15) is 0 Å². The van der Waals surface area contributed by atoms with Gasteiger partial charge in [0.25, 0.3) is 5.91 Å². The molecule has 0 radical (unpaired) electrons. The molecule has 1 aromatic carbocycles. The smallest absolute Gasteiger partial charge is 0.305 e. The van der Waals surface area contributed by atoms with E-state index in [4.69, 9.17) is 23.2 Å². The number of pyridine rings is 1. The van der Waals surface area contributed by atoms with E-state index in [-0.39, 0.29) is 33.9 Å². The Labute approximate surface area is 196 Å². The van der Waals surface area contributed by atoms with Crippen molar-refractivity contribution in [2.45, 2.75) is 45.1 Å². The monoisotopic (exact) mass is 477 g/mol. The maximum atomic E-state index is 12.7. The lowest BCUT2D eigenvalue weighted by molar-refractivity contribution is -0.138. The number of benzene rings is 1. The third kappa shape index (κ3) is 6.20. The van der Waals surface area contributed by atoms with Gasteiger partial charge in [0.15, 0.2) is 0 Å². The summed E-state index contributed by atoms with van der Waals surface area (Å²) in [4.78, 5) is 40.4. The molecule has 2 amide bonds. The van der Waals surface area contributed by atoms with E-state index in [0.29, 0.717) is 17.2 Å². The van der Waals surface area contributed by atoms with Crippen molar-refractivity contribution in [2.75, 3.05) is 5.32 Å². The Morgan fingerprint density at radius 2 is 1.66 bits per heavy atom. The average Bonchev–Trinajstić information content (AvgIpc) is 2.74. The quantitative estimate of drug-likeness (QED) is 0.513. The van der Waals surface area contributed by atoms with E-state index in [0.717, 1.165) is 25.7 Å². The lowest BCUT2D eigenvalue weighted by atomic mass is 9.82. The molecular formula is C23H25Cl2N3O4. The molecule has 1 aliphatic carbocycles. The Morgan fingerprint density at radius 3 is 2.22 bits per heavy atom. The zero-order chi connectivity index (χ0) is 23.3. The van der Waals surface area contributed by atoms with Crippen molar-refractivity contribution in [2.24, 2.45) is 11.8 Å². The van der Waals surface area contributed by atoms with Crippen LogP contribution in [-0.2, 0) is 9.59 Å². The summed E-state index contributed by atoms with van der Waals surface area (Å²) >= 11 is 12.0. The number of carbonyl (C=O) groups excluding carboxylic acids is 2. The first-order valence-corrected chi connectivity index (χ1v) is 11.2. The average molecular weight is 478 g/mol. The Kier molecular flexibility index (Phi) is 8.10. The van der Waals surface area contributed by atoms with Gasteiger partial charge < -0.3 is 15.7 Å². The Balaban J connectivity index is 1.70. The number of aromatic nitrogens is 1. The SMILES string of the molecule is CC1CCC(C(=O)NC(CC(=O)O)c2ccc(NC(=O)c3c(Cl)cncc3Cl)cc2)CC1. The second-order valence-corrected chi connectivity index (χ2v) is 8.98. The van der Waals surface area contributed by atoms with Crippen molar-refractivity contribution in [3.8, 4) is 0 Å². The Bertz CT molecular complexity index is 969. The van der Waals surface area contributed by atoms with E-state index >= 15 is 0 Å². The molecule has 9 heteroatoms. The molecule has 2 aromatic rings. The number of carboxylic acid groups (broad SMARTS) is 1. The van der Waals surface area contributed by atoms with Gasteiger partial charge >= 0.3 is 5.97 Å². The molecule has 0 spiro atoms. The molecule has 1 atom stereocenters. The van der Waals surface area contributed by atoms with Gasteiger partial charge in [-0.1, -0.05) is 42.3 Å². The molecule has 1 heterocycles. The second-order valence-electron chi connectivity index (χ2n) is 8.17. The molecular weight excluding hydrogens is 453 g/mol. The van der Waals surface area contributed by atoms with Gasteiger partial charge in [-0.3, -0.25) is 19.4 Å². The minimum Gasteiger partial charge on any atom is -0.481 e. The normalized spacial score (nSPS) is 19.1. The molecule has 1 aromatic heterocycles. The van der Waals surface area contributed by atoms with Crippen molar-refractivity contribution in [1.82, 2.24) is 10.3 Å². The number of aliphatic carboxylic acids is 1. The molecule has 170 valence electrons. The summed E-state index contributed by atoms with van der Waals surface area (Å²) in [5, 5.41) is 15.2. The fraction of sp³-hybridized carbons (Fsp3) is 0.391. The largest absolute Gasteiger partial charge is 0.481 e. The number of hydrogen-bond donors (Lipinski definition) is 3. The minimum atomic E-state index is -1.01. The van der Waals surface area contributed by atoms with E-state index in [2.05, 4.69) is 22.5 Å². The van der Waals surface area contributed by atoms with Gasteiger partial charge in [-0.25, -0.2) is 0 Å². The number of amides is 2. The molecule has 0 aliphatic heterocycles. The zero-order valence-corrected chi connectivity index (χ0v) is 19.1. The third-order valence-corrected chi connectivity index (χ3v) is 6.31. The molecule has 0 saturated heterocycles. The number of halogens is 2. The van der Waals surface area contributed by atoms with Crippen molar-refractivity contribution < 1.29 is 19.5 Å². The van der Waals surface area contributed by atoms with Gasteiger partial charge in [-0.05, 0) is 49.3 Å². The highest BCUT2D eigenvalue weighted by Gasteiger charge is 2.27. The van der Waals surface area contributed by atoms with Crippen LogP contribution in [-0.4, -0.2) is 27.9 Å². The summed E-state index contributed by atoms with van der Waals surface area (Å²) in [5.74, 6) is -1.07. The molecule has 1 aliphatic rings. The van der Waals surface area contributed by atoms with Crippen molar-refractivity contribution in [3.63, 3.8) is 0 Å². The Morgan fingerprint density at radius 1 is 1.06 bits per heavy atom. The fourth-order valence-corrected chi connectivity index (χ4v) is 4.40. The van der Waals surface area contributed by atoms with E-state index in [9.17, 15) is 19.5 Å². The lowest BCUT2D eigenvalue weighted by Crippen LogP contribution is -2.36. The van der Waals surface area contributed by atoms with Crippen LogP contribution in [0.2, 0.25) is 10.0 Å². The fourth-order valence-electron chi connectivity index (χ4n) is 3.86. The first kappa shape index (κ1) is 24.0. The maximum Gasteiger partial charge on any atom is 0.305 e. The number of hydrogen-bond acceptors (Lipinski definition) is 4. The first-order valence-electron chi connectivity index (χ1n) is 10.5. The van der Waals surface area contributed by atoms with Crippen LogP contribution in [0.15, 0.2) is 36.7 Å². The summed E-state index contributed by atoms with van der Waals surface area (Å²) in [7, 11) is 0. The van der Waals surface area contributed by atoms with Crippen LogP contribution in [0.25, 0.3) is 0 Å². The number of anilines is 1. The maximum absolute atomic E-state index is 12.7. The van der Waals surface area contributed by atoms with Crippen LogP contribution < -0.4 is 10.6 Å². The molecule has 0 bridgehead atoms. The Hall–Kier alpha value is -2.64. The van der Waals surface area contributed by atoms with Gasteiger partial charge in [0, 0.05) is 24.0 Å². The number of nitrogens with zero attached hydrogens (tertiary/aromatic N) is 1. The number of nitrogens with one attached hydrogen (secondary N) is 2. The molecule has 1 unspecified atom stereocenters. The van der Waals surface area contributed by atoms with E-state index in [1.165, 1.54) is 12.4 Å². The topological polar surface area (TPSA) is 108 Å². The van der Waals surface area contributed by atoms with Gasteiger partial charge in [0.05, 0.1) is 28.1 Å². The van der Waals surface area contributed by atoms with Crippen LogP contribution in [0.1, 0.15) is 61.0 Å². The number of carboxylic acids is 1. The van der Waals surface area contributed by atoms with Gasteiger partial charge in [0.1, 0.15) is 0 Å². The summed E-state index contributed by atoms with van der Waals surface area (Å²) < 4.78 is 0. The van der Waals surface area contributed by atoms with Crippen molar-refractivity contribution in [1.29, 1.82) is 0 Å². The minimum absolute atomic E-state index is 0.0871. The summed E-state index contributed by atoms with van der Waals surface area (Å²) in [6.45, 7) is 2.18. The predicted molar refractivity (Wildman–Crippen MR) is 123 cm³/mol. The van der Waals surface area contributed by atoms with Crippen LogP contribution in [0, 0.1) is 11.8 Å². The van der Waals surface area contributed by atoms with Gasteiger partial charge in [0.2, 0.25) is 5.91 Å². The highest BCUT2D eigenvalue weighted by molar-refractivity contribution is 6.40. The molecule has 32 heavy (non-hydrogen) atoms. The highest BCUT2D eigenvalue weighted by Crippen LogP contribution is 2.30. The molecule has 3 N–H and O–H groups in total. The van der Waals surface area contributed by atoms with Crippen molar-refractivity contribution in [3.05, 3.63) is 57.8 Å². The van der Waals surface area contributed by atoms with Crippen LogP contribution >= 0.6 is 23.2 Å². The lowest BCUT2D eigenvalue weighted by Gasteiger charge is -2.27. The van der Waals surface area contributed by atoms with E-state index < -0.39 is 17.9 Å². The van der Waals surface area contributed by atoms with Crippen LogP contribution in [0.3, 0.4) is 0 Å². The molecule has 1 saturated carbocycles. The van der Waals surface area contributed by atoms with E-state index in [1.807, 2.05) is 0 Å². The van der Waals surface area contributed by atoms with Gasteiger partial charge in [-0.15, -0.1) is 0 Å². The predicted octanol–water partition coefficient (Wildman–Crippen LogP) is 5.10. The zero-order valence-electron chi connectivity index (χ0n) is 17.6. The third-order valence-electron chi connectivity index (χ3n) is 5.73. The van der Waals surface area contributed by atoms with Crippen LogP contribution in [0.4, 0.5) is 5.69 Å². The standard InChI is InChI=1S/C23H25Cl2N3O4/c1-13-2-4-15(5-3-13)22(31)28-19(10-20(29)30)14-6-8-16(9-7-14)27-23(32)21-17(24)11-26-12-18(21)25/h6-9,11-13,15,19H,2-5,10H2,1H3,(H,27,32)(H,28,31)(H,29,30). The number of rotatable bonds is 7. The number of carbonyl (C=O) groups is 3. The molecule has 3 rings (SSSR count). The highest BCUT2D eigenvalue weighted by atomic mass is 35.5. The summed E-state index contributed by atoms with van der Waals surface area (Å²) in [5.41, 5.74) is 1.23. The van der Waals surface area contributed by atoms with E-state index in [1.54, 1.807) is 24.3 Å². The summed E-state index contributed by atoms with van der Waals surface area (Å²) in [6, 6.07) is 5.98.